The zero-order valence-corrected chi connectivity index (χ0v) is 13.1. The van der Waals surface area contributed by atoms with Crippen molar-refractivity contribution < 1.29 is 23.9 Å². The Morgan fingerprint density at radius 3 is 2.24 bits per heavy atom. The van der Waals surface area contributed by atoms with Gasteiger partial charge in [0.1, 0.15) is 13.1 Å². The van der Waals surface area contributed by atoms with E-state index in [1.165, 1.54) is 36.9 Å². The van der Waals surface area contributed by atoms with E-state index < -0.39 is 11.9 Å². The highest BCUT2D eigenvalue weighted by atomic mass is 32.1. The first-order valence-corrected chi connectivity index (χ1v) is 7.64. The summed E-state index contributed by atoms with van der Waals surface area (Å²) in [7, 11) is 2.45. The molecule has 21 heavy (non-hydrogen) atoms. The standard InChI is InChI=1S/C13H13NO5S2/c1-18-11(15)6-14(7-12(16)19-2)13(17)10-5-9-8(21-10)3-4-20-9/h3-5H,6-7H2,1-2H3. The molecule has 0 radical (unpaired) electrons. The van der Waals surface area contributed by atoms with Crippen molar-refractivity contribution in [2.24, 2.45) is 0 Å². The molecule has 0 aliphatic heterocycles. The average molecular weight is 327 g/mol. The lowest BCUT2D eigenvalue weighted by molar-refractivity contribution is -0.144. The molecule has 6 nitrogen and oxygen atoms in total. The number of hydrogen-bond donors (Lipinski definition) is 0. The molecule has 0 aliphatic rings. The highest BCUT2D eigenvalue weighted by molar-refractivity contribution is 7.27. The molecule has 0 aliphatic carbocycles. The van der Waals surface area contributed by atoms with Crippen LogP contribution in [0.4, 0.5) is 0 Å². The Morgan fingerprint density at radius 2 is 1.71 bits per heavy atom. The van der Waals surface area contributed by atoms with Crippen LogP contribution < -0.4 is 0 Å². The molecule has 8 heteroatoms. The van der Waals surface area contributed by atoms with Crippen LogP contribution in [0.3, 0.4) is 0 Å². The van der Waals surface area contributed by atoms with Gasteiger partial charge in [-0.2, -0.15) is 0 Å². The first-order valence-electron chi connectivity index (χ1n) is 5.95. The van der Waals surface area contributed by atoms with Gasteiger partial charge in [-0.1, -0.05) is 0 Å². The van der Waals surface area contributed by atoms with Crippen molar-refractivity contribution in [2.75, 3.05) is 27.3 Å². The van der Waals surface area contributed by atoms with Gasteiger partial charge in [-0.3, -0.25) is 14.4 Å². The van der Waals surface area contributed by atoms with Crippen LogP contribution in [0.5, 0.6) is 0 Å². The second-order valence-electron chi connectivity index (χ2n) is 4.07. The lowest BCUT2D eigenvalue weighted by atomic mass is 10.3. The van der Waals surface area contributed by atoms with Crippen LogP contribution in [0.1, 0.15) is 9.67 Å². The Bertz CT molecular complexity index is 628. The summed E-state index contributed by atoms with van der Waals surface area (Å²) < 4.78 is 11.1. The maximum absolute atomic E-state index is 12.4. The third-order valence-electron chi connectivity index (χ3n) is 2.73. The van der Waals surface area contributed by atoms with E-state index in [0.717, 1.165) is 14.3 Å². The van der Waals surface area contributed by atoms with E-state index in [2.05, 4.69) is 9.47 Å². The first kappa shape index (κ1) is 15.5. The number of fused-ring (bicyclic) bond motifs is 1. The fourth-order valence-electron chi connectivity index (χ4n) is 1.67. The smallest absolute Gasteiger partial charge is 0.325 e. The van der Waals surface area contributed by atoms with Crippen molar-refractivity contribution in [1.29, 1.82) is 0 Å². The molecule has 0 aromatic carbocycles. The van der Waals surface area contributed by atoms with Crippen molar-refractivity contribution >= 4 is 49.9 Å². The number of esters is 2. The molecule has 1 amide bonds. The number of methoxy groups -OCH3 is 2. The molecule has 0 saturated carbocycles. The second kappa shape index (κ2) is 6.68. The quantitative estimate of drug-likeness (QED) is 0.782. The molecule has 0 N–H and O–H groups in total. The lowest BCUT2D eigenvalue weighted by Gasteiger charge is -2.19. The van der Waals surface area contributed by atoms with Gasteiger partial charge < -0.3 is 14.4 Å². The van der Waals surface area contributed by atoms with Gasteiger partial charge in [0.25, 0.3) is 5.91 Å². The van der Waals surface area contributed by atoms with E-state index in [4.69, 9.17) is 0 Å². The fourth-order valence-corrected chi connectivity index (χ4v) is 3.74. The minimum Gasteiger partial charge on any atom is -0.468 e. The van der Waals surface area contributed by atoms with E-state index in [1.54, 1.807) is 6.07 Å². The van der Waals surface area contributed by atoms with Crippen LogP contribution >= 0.6 is 22.7 Å². The molecule has 2 aromatic rings. The summed E-state index contributed by atoms with van der Waals surface area (Å²) in [6.07, 6.45) is 0. The minimum atomic E-state index is -0.592. The molecule has 0 spiro atoms. The Kier molecular flexibility index (Phi) is 4.92. The van der Waals surface area contributed by atoms with Crippen molar-refractivity contribution in [3.05, 3.63) is 22.4 Å². The maximum Gasteiger partial charge on any atom is 0.325 e. The maximum atomic E-state index is 12.4. The Hall–Kier alpha value is -1.93. The molecule has 2 heterocycles. The summed E-state index contributed by atoms with van der Waals surface area (Å²) >= 11 is 2.86. The van der Waals surface area contributed by atoms with Gasteiger partial charge in [0.15, 0.2) is 0 Å². The number of nitrogens with zero attached hydrogens (tertiary/aromatic N) is 1. The first-order chi connectivity index (χ1) is 10.0. The lowest BCUT2D eigenvalue weighted by Crippen LogP contribution is -2.39. The zero-order chi connectivity index (χ0) is 15.4. The molecule has 0 bridgehead atoms. The van der Waals surface area contributed by atoms with E-state index in [-0.39, 0.29) is 19.0 Å². The normalized spacial score (nSPS) is 10.4. The van der Waals surface area contributed by atoms with Gasteiger partial charge in [0.05, 0.1) is 19.1 Å². The SMILES string of the molecule is COC(=O)CN(CC(=O)OC)C(=O)c1cc2sccc2s1. The Labute approximate surface area is 128 Å². The fraction of sp³-hybridized carbons (Fsp3) is 0.308. The summed E-state index contributed by atoms with van der Waals surface area (Å²) in [5.74, 6) is -1.57. The predicted octanol–water partition coefficient (Wildman–Crippen LogP) is 1.75. The van der Waals surface area contributed by atoms with Gasteiger partial charge >= 0.3 is 11.9 Å². The Balaban J connectivity index is 2.21. The van der Waals surface area contributed by atoms with E-state index in [1.807, 2.05) is 11.4 Å². The number of carbonyl (C=O) groups excluding carboxylic acids is 3. The molecule has 2 rings (SSSR count). The molecule has 0 fully saturated rings. The zero-order valence-electron chi connectivity index (χ0n) is 11.5. The largest absolute Gasteiger partial charge is 0.468 e. The summed E-state index contributed by atoms with van der Waals surface area (Å²) in [4.78, 5) is 36.8. The number of carbonyl (C=O) groups is 3. The van der Waals surface area contributed by atoms with E-state index in [0.29, 0.717) is 4.88 Å². The predicted molar refractivity (Wildman–Crippen MR) is 79.6 cm³/mol. The molecule has 0 saturated heterocycles. The van der Waals surface area contributed by atoms with Crippen molar-refractivity contribution in [2.45, 2.75) is 0 Å². The summed E-state index contributed by atoms with van der Waals surface area (Å²) in [5, 5.41) is 1.94. The topological polar surface area (TPSA) is 72.9 Å². The van der Waals surface area contributed by atoms with Gasteiger partial charge in [0, 0.05) is 9.40 Å². The second-order valence-corrected chi connectivity index (χ2v) is 6.10. The molecule has 112 valence electrons. The summed E-state index contributed by atoms with van der Waals surface area (Å²) in [5.41, 5.74) is 0. The van der Waals surface area contributed by atoms with E-state index in [9.17, 15) is 14.4 Å². The van der Waals surface area contributed by atoms with Crippen LogP contribution in [0.25, 0.3) is 9.40 Å². The van der Waals surface area contributed by atoms with Gasteiger partial charge in [-0.25, -0.2) is 0 Å². The van der Waals surface area contributed by atoms with Gasteiger partial charge in [-0.05, 0) is 17.5 Å². The molecule has 2 aromatic heterocycles. The number of amides is 1. The van der Waals surface area contributed by atoms with Crippen molar-refractivity contribution in [3.63, 3.8) is 0 Å². The third kappa shape index (κ3) is 3.59. The van der Waals surface area contributed by atoms with Crippen LogP contribution in [-0.4, -0.2) is 50.1 Å². The Morgan fingerprint density at radius 1 is 1.10 bits per heavy atom. The number of ether oxygens (including phenoxy) is 2. The number of hydrogen-bond acceptors (Lipinski definition) is 7. The van der Waals surface area contributed by atoms with Crippen LogP contribution in [0.2, 0.25) is 0 Å². The molecule has 0 unspecified atom stereocenters. The summed E-state index contributed by atoms with van der Waals surface area (Å²) in [6, 6.07) is 3.68. The van der Waals surface area contributed by atoms with Crippen molar-refractivity contribution in [3.8, 4) is 0 Å². The number of thiophene rings is 2. The highest BCUT2D eigenvalue weighted by Gasteiger charge is 2.24. The summed E-state index contributed by atoms with van der Waals surface area (Å²) in [6.45, 7) is -0.591. The molecule has 0 atom stereocenters. The minimum absolute atomic E-state index is 0.296. The molecular weight excluding hydrogens is 314 g/mol. The van der Waals surface area contributed by atoms with Gasteiger partial charge in [-0.15, -0.1) is 22.7 Å². The van der Waals surface area contributed by atoms with Crippen LogP contribution in [0.15, 0.2) is 17.5 Å². The van der Waals surface area contributed by atoms with E-state index >= 15 is 0 Å². The molecular formula is C13H13NO5S2. The number of rotatable bonds is 5. The van der Waals surface area contributed by atoms with Gasteiger partial charge in [0.2, 0.25) is 0 Å². The monoisotopic (exact) mass is 327 g/mol. The highest BCUT2D eigenvalue weighted by Crippen LogP contribution is 2.30. The van der Waals surface area contributed by atoms with Crippen LogP contribution in [-0.2, 0) is 19.1 Å². The third-order valence-corrected chi connectivity index (χ3v) is 4.81. The van der Waals surface area contributed by atoms with Crippen LogP contribution in [0, 0.1) is 0 Å². The van der Waals surface area contributed by atoms with Crippen molar-refractivity contribution in [1.82, 2.24) is 4.90 Å². The average Bonchev–Trinajstić information content (AvgIpc) is 3.06.